The van der Waals surface area contributed by atoms with Crippen LogP contribution in [0.5, 0.6) is 0 Å². The maximum atomic E-state index is 2.45. The fourth-order valence-electron chi connectivity index (χ4n) is 5.74. The third-order valence-corrected chi connectivity index (χ3v) is 16.0. The molecule has 0 heterocycles. The first-order valence-electron chi connectivity index (χ1n) is 11.7. The fourth-order valence-corrected chi connectivity index (χ4v) is 14.3. The number of hydrogen-bond donors (Lipinski definition) is 0. The summed E-state index contributed by atoms with van der Waals surface area (Å²) in [4.78, 5) is 0. The molecule has 0 radical (unpaired) electrons. The zero-order chi connectivity index (χ0) is 22.6. The molecule has 0 aliphatic heterocycles. The fraction of sp³-hybridized carbons (Fsp3) is 0.258. The van der Waals surface area contributed by atoms with Gasteiger partial charge in [-0.05, 0) is 0 Å². The van der Waals surface area contributed by atoms with Crippen LogP contribution in [0.3, 0.4) is 0 Å². The van der Waals surface area contributed by atoms with E-state index in [0.29, 0.717) is 3.63 Å². The van der Waals surface area contributed by atoms with Crippen LogP contribution in [-0.2, 0) is 21.3 Å². The van der Waals surface area contributed by atoms with E-state index in [1.807, 2.05) is 0 Å². The van der Waals surface area contributed by atoms with E-state index in [0.717, 1.165) is 6.42 Å². The Morgan fingerprint density at radius 2 is 1.29 bits per heavy atom. The van der Waals surface area contributed by atoms with E-state index >= 15 is 0 Å². The quantitative estimate of drug-likeness (QED) is 0.456. The number of halogens is 2. The van der Waals surface area contributed by atoms with Crippen molar-refractivity contribution in [3.63, 3.8) is 0 Å². The van der Waals surface area contributed by atoms with Crippen LogP contribution in [0.25, 0.3) is 16.7 Å². The minimum Gasteiger partial charge on any atom is -1.00 e. The molecule has 0 saturated carbocycles. The van der Waals surface area contributed by atoms with Gasteiger partial charge in [-0.15, -0.1) is 0 Å². The molecule has 0 bridgehead atoms. The van der Waals surface area contributed by atoms with Crippen LogP contribution in [0.4, 0.5) is 0 Å². The maximum Gasteiger partial charge on any atom is -1.00 e. The van der Waals surface area contributed by atoms with E-state index < -0.39 is 21.3 Å². The van der Waals surface area contributed by atoms with Crippen molar-refractivity contribution >= 4 is 8.78 Å². The second kappa shape index (κ2) is 10.6. The Bertz CT molecular complexity index is 1310. The first-order chi connectivity index (χ1) is 15.4. The number of fused-ring (bicyclic) bond motifs is 3. The van der Waals surface area contributed by atoms with Crippen molar-refractivity contribution in [3.8, 4) is 11.1 Å². The van der Waals surface area contributed by atoms with Gasteiger partial charge in [-0.1, -0.05) is 0 Å². The van der Waals surface area contributed by atoms with Gasteiger partial charge in [0.05, 0.1) is 0 Å². The Kier molecular flexibility index (Phi) is 8.45. The summed E-state index contributed by atoms with van der Waals surface area (Å²) in [5, 5.41) is 0. The second-order valence-corrected chi connectivity index (χ2v) is 17.0. The smallest absolute Gasteiger partial charge is 1.00 e. The van der Waals surface area contributed by atoms with Gasteiger partial charge in [0.2, 0.25) is 0 Å². The van der Waals surface area contributed by atoms with E-state index in [1.54, 1.807) is 17.6 Å². The molecule has 0 N–H and O–H groups in total. The molecule has 2 aliphatic rings. The van der Waals surface area contributed by atoms with Crippen LogP contribution < -0.4 is 24.8 Å². The van der Waals surface area contributed by atoms with Crippen molar-refractivity contribution in [2.24, 2.45) is 0 Å². The van der Waals surface area contributed by atoms with E-state index in [9.17, 15) is 0 Å². The van der Waals surface area contributed by atoms with E-state index in [4.69, 9.17) is 0 Å². The van der Waals surface area contributed by atoms with Gasteiger partial charge < -0.3 is 24.8 Å². The Morgan fingerprint density at radius 3 is 1.85 bits per heavy atom. The van der Waals surface area contributed by atoms with Gasteiger partial charge in [0, 0.05) is 0 Å². The minimum atomic E-state index is -2.21. The molecule has 2 aliphatic carbocycles. The summed E-state index contributed by atoms with van der Waals surface area (Å²) >= 11 is -2.21. The monoisotopic (exact) mass is 564 g/mol. The first kappa shape index (κ1) is 27.1. The Hall–Kier alpha value is -1.53. The summed E-state index contributed by atoms with van der Waals surface area (Å²) in [6.07, 6.45) is 5.98. The Labute approximate surface area is 225 Å². The third kappa shape index (κ3) is 4.30. The Morgan fingerprint density at radius 1 is 0.735 bits per heavy atom. The van der Waals surface area contributed by atoms with Gasteiger partial charge in [0.15, 0.2) is 0 Å². The molecular formula is C31H32Cl2Zr. The van der Waals surface area contributed by atoms with Crippen LogP contribution in [0.2, 0.25) is 0 Å². The molecule has 0 fully saturated rings. The summed E-state index contributed by atoms with van der Waals surface area (Å²) in [7, 11) is 0. The summed E-state index contributed by atoms with van der Waals surface area (Å²) < 4.78 is 4.04. The first-order valence-corrected chi connectivity index (χ1v) is 15.6. The van der Waals surface area contributed by atoms with Gasteiger partial charge in [-0.2, -0.15) is 0 Å². The van der Waals surface area contributed by atoms with E-state index in [1.165, 1.54) is 44.5 Å². The van der Waals surface area contributed by atoms with E-state index in [-0.39, 0.29) is 24.8 Å². The van der Waals surface area contributed by atoms with Gasteiger partial charge in [-0.25, -0.2) is 0 Å². The van der Waals surface area contributed by atoms with Gasteiger partial charge in [0.25, 0.3) is 0 Å². The van der Waals surface area contributed by atoms with Gasteiger partial charge in [-0.3, -0.25) is 0 Å². The molecule has 3 aromatic carbocycles. The number of aryl methyl sites for hydroxylation is 1. The predicted octanol–water partition coefficient (Wildman–Crippen LogP) is 2.20. The van der Waals surface area contributed by atoms with Gasteiger partial charge in [0.1, 0.15) is 0 Å². The van der Waals surface area contributed by atoms with Crippen molar-refractivity contribution in [1.29, 1.82) is 0 Å². The van der Waals surface area contributed by atoms with Crippen LogP contribution in [0.1, 0.15) is 62.8 Å². The van der Waals surface area contributed by atoms with Crippen molar-refractivity contribution in [2.45, 2.75) is 51.6 Å². The van der Waals surface area contributed by atoms with Gasteiger partial charge >= 0.3 is 202 Å². The largest absolute Gasteiger partial charge is 1.00 e. The number of rotatable bonds is 3. The van der Waals surface area contributed by atoms with Crippen LogP contribution >= 0.6 is 0 Å². The molecule has 0 amide bonds. The summed E-state index contributed by atoms with van der Waals surface area (Å²) in [5.74, 6) is 0. The number of hydrogen-bond acceptors (Lipinski definition) is 0. The average molecular weight is 567 g/mol. The van der Waals surface area contributed by atoms with Crippen molar-refractivity contribution in [3.05, 3.63) is 109 Å². The number of allylic oxidation sites excluding steroid dienone is 4. The molecule has 5 rings (SSSR count). The normalized spacial score (nSPS) is 13.6. The van der Waals surface area contributed by atoms with Crippen molar-refractivity contribution < 1.29 is 46.1 Å². The molecule has 0 aromatic heterocycles. The predicted molar refractivity (Wildman–Crippen MR) is 136 cm³/mol. The topological polar surface area (TPSA) is 0 Å². The maximum absolute atomic E-state index is 2.45. The SMILES string of the molecule is C[C](C)=[Zr+2]([C]1=C(c2cc(C)c(C)c(C)c2C)C=CC1)[CH]1c2ccccc2-c2ccccc21.[Cl-].[Cl-]. The molecule has 3 aromatic rings. The molecule has 0 nitrogen and oxygen atoms in total. The average Bonchev–Trinajstić information content (AvgIpc) is 3.39. The summed E-state index contributed by atoms with van der Waals surface area (Å²) in [5.41, 5.74) is 14.8. The van der Waals surface area contributed by atoms with Crippen molar-refractivity contribution in [2.75, 3.05) is 0 Å². The molecule has 0 unspecified atom stereocenters. The van der Waals surface area contributed by atoms with Crippen LogP contribution in [-0.4, -0.2) is 3.21 Å². The number of benzene rings is 3. The molecule has 0 saturated heterocycles. The second-order valence-electron chi connectivity index (χ2n) is 9.64. The molecular weight excluding hydrogens is 534 g/mol. The van der Waals surface area contributed by atoms with Crippen LogP contribution in [0, 0.1) is 27.7 Å². The third-order valence-electron chi connectivity index (χ3n) is 7.69. The molecule has 174 valence electrons. The zero-order valence-corrected chi connectivity index (χ0v) is 24.9. The molecule has 0 spiro atoms. The van der Waals surface area contributed by atoms with Crippen molar-refractivity contribution in [1.82, 2.24) is 0 Å². The minimum absolute atomic E-state index is 0. The summed E-state index contributed by atoms with van der Waals surface area (Å²) in [6.45, 7) is 14.0. The molecule has 3 heteroatoms. The molecule has 0 atom stereocenters. The standard InChI is InChI=1S/C15H17.C13H9.C3H6.2ClH.Zr/c1-10-9-15(14-7-5-6-8-14)13(4)12(3)11(10)2;1-3-7-12-10(5-1)9-11-6-2-4-8-13(11)12;1-3-2;;;/h5,7,9H,6H2,1-4H3;1-9H;1-2H3;2*1H;/q;;;;;+2/p-2. The summed E-state index contributed by atoms with van der Waals surface area (Å²) in [6, 6.07) is 20.8. The Balaban J connectivity index is 0.00000162. The van der Waals surface area contributed by atoms with E-state index in [2.05, 4.69) is 108 Å². The van der Waals surface area contributed by atoms with Crippen LogP contribution in [0.15, 0.2) is 70.0 Å². The molecule has 34 heavy (non-hydrogen) atoms. The zero-order valence-electron chi connectivity index (χ0n) is 20.9.